The van der Waals surface area contributed by atoms with E-state index in [2.05, 4.69) is 23.9 Å². The van der Waals surface area contributed by atoms with Crippen LogP contribution in [0.5, 0.6) is 0 Å². The number of carbonyl (C=O) groups excluding carboxylic acids is 1. The van der Waals surface area contributed by atoms with E-state index in [-0.39, 0.29) is 6.09 Å². The molecule has 0 spiro atoms. The van der Waals surface area contributed by atoms with Gasteiger partial charge in [-0.05, 0) is 13.8 Å². The SMILES string of the molecule is CCC.CCNC(=O)OCC. The zero-order valence-electron chi connectivity index (χ0n) is 7.94. The minimum absolute atomic E-state index is 0.338. The lowest BCUT2D eigenvalue weighted by Gasteiger charge is -1.99. The Bertz CT molecular complexity index is 76.2. The summed E-state index contributed by atoms with van der Waals surface area (Å²) in [4.78, 5) is 10.3. The summed E-state index contributed by atoms with van der Waals surface area (Å²) in [5.74, 6) is 0. The molecular weight excluding hydrogens is 142 g/mol. The minimum Gasteiger partial charge on any atom is -0.450 e. The van der Waals surface area contributed by atoms with Crippen molar-refractivity contribution in [3.63, 3.8) is 0 Å². The molecule has 0 heterocycles. The van der Waals surface area contributed by atoms with E-state index in [0.29, 0.717) is 13.2 Å². The monoisotopic (exact) mass is 161 g/mol. The Hall–Kier alpha value is -0.730. The third kappa shape index (κ3) is 17.6. The summed E-state index contributed by atoms with van der Waals surface area (Å²) >= 11 is 0. The predicted octanol–water partition coefficient (Wildman–Crippen LogP) is 2.17. The van der Waals surface area contributed by atoms with Gasteiger partial charge in [-0.3, -0.25) is 0 Å². The number of hydrogen-bond donors (Lipinski definition) is 1. The number of amides is 1. The van der Waals surface area contributed by atoms with Gasteiger partial charge in [-0.15, -0.1) is 0 Å². The zero-order valence-corrected chi connectivity index (χ0v) is 7.94. The maximum Gasteiger partial charge on any atom is 0.407 e. The van der Waals surface area contributed by atoms with Crippen LogP contribution in [0.4, 0.5) is 4.79 Å². The van der Waals surface area contributed by atoms with Crippen molar-refractivity contribution in [1.82, 2.24) is 5.32 Å². The third-order valence-corrected chi connectivity index (χ3v) is 0.597. The first-order chi connectivity index (χ1) is 5.22. The molecule has 0 aromatic rings. The number of ether oxygens (including phenoxy) is 1. The molecule has 0 aliphatic carbocycles. The molecule has 0 aliphatic heterocycles. The highest BCUT2D eigenvalue weighted by atomic mass is 16.5. The van der Waals surface area contributed by atoms with Crippen LogP contribution in [0.3, 0.4) is 0 Å². The topological polar surface area (TPSA) is 38.3 Å². The van der Waals surface area contributed by atoms with Crippen molar-refractivity contribution < 1.29 is 9.53 Å². The van der Waals surface area contributed by atoms with Gasteiger partial charge in [0.05, 0.1) is 6.61 Å². The summed E-state index contributed by atoms with van der Waals surface area (Å²) in [5.41, 5.74) is 0. The van der Waals surface area contributed by atoms with Gasteiger partial charge in [0.2, 0.25) is 0 Å². The second-order valence-electron chi connectivity index (χ2n) is 1.96. The maximum absolute atomic E-state index is 10.3. The van der Waals surface area contributed by atoms with Crippen LogP contribution in [0, 0.1) is 0 Å². The Morgan fingerprint density at radius 3 is 2.00 bits per heavy atom. The lowest BCUT2D eigenvalue weighted by Crippen LogP contribution is -2.23. The van der Waals surface area contributed by atoms with Crippen LogP contribution in [0.1, 0.15) is 34.1 Å². The average Bonchev–Trinajstić information content (AvgIpc) is 1.90. The lowest BCUT2D eigenvalue weighted by atomic mass is 10.6. The number of rotatable bonds is 2. The molecule has 0 unspecified atom stereocenters. The molecule has 0 bridgehead atoms. The minimum atomic E-state index is -0.338. The van der Waals surface area contributed by atoms with Crippen LogP contribution < -0.4 is 5.32 Å². The molecule has 0 saturated carbocycles. The van der Waals surface area contributed by atoms with Crippen molar-refractivity contribution in [1.29, 1.82) is 0 Å². The van der Waals surface area contributed by atoms with Crippen LogP contribution in [0.15, 0.2) is 0 Å². The summed E-state index contributed by atoms with van der Waals surface area (Å²) in [5, 5.41) is 2.49. The highest BCUT2D eigenvalue weighted by molar-refractivity contribution is 5.66. The maximum atomic E-state index is 10.3. The van der Waals surface area contributed by atoms with Gasteiger partial charge in [0.25, 0.3) is 0 Å². The van der Waals surface area contributed by atoms with Gasteiger partial charge in [-0.25, -0.2) is 4.79 Å². The van der Waals surface area contributed by atoms with Gasteiger partial charge in [-0.2, -0.15) is 0 Å². The van der Waals surface area contributed by atoms with E-state index >= 15 is 0 Å². The molecule has 0 aliphatic rings. The fraction of sp³-hybridized carbons (Fsp3) is 0.875. The Balaban J connectivity index is 0. The average molecular weight is 161 g/mol. The lowest BCUT2D eigenvalue weighted by molar-refractivity contribution is 0.153. The molecule has 0 fully saturated rings. The van der Waals surface area contributed by atoms with E-state index < -0.39 is 0 Å². The summed E-state index contributed by atoms with van der Waals surface area (Å²) in [7, 11) is 0. The first-order valence-electron chi connectivity index (χ1n) is 4.13. The van der Waals surface area contributed by atoms with Crippen molar-refractivity contribution in [2.75, 3.05) is 13.2 Å². The van der Waals surface area contributed by atoms with Crippen molar-refractivity contribution in [2.45, 2.75) is 34.1 Å². The van der Waals surface area contributed by atoms with Crippen LogP contribution in [0.25, 0.3) is 0 Å². The third-order valence-electron chi connectivity index (χ3n) is 0.597. The van der Waals surface area contributed by atoms with Gasteiger partial charge in [0.1, 0.15) is 0 Å². The molecule has 3 heteroatoms. The second-order valence-corrected chi connectivity index (χ2v) is 1.96. The molecule has 0 saturated heterocycles. The molecule has 0 aromatic carbocycles. The highest BCUT2D eigenvalue weighted by Crippen LogP contribution is 1.72. The molecule has 0 aromatic heterocycles. The van der Waals surface area contributed by atoms with E-state index in [0.717, 1.165) is 0 Å². The van der Waals surface area contributed by atoms with Crippen LogP contribution in [-0.2, 0) is 4.74 Å². The Kier molecular flexibility index (Phi) is 14.1. The Morgan fingerprint density at radius 2 is 1.73 bits per heavy atom. The van der Waals surface area contributed by atoms with Gasteiger partial charge in [0, 0.05) is 6.54 Å². The molecule has 68 valence electrons. The number of alkyl carbamates (subject to hydrolysis) is 1. The Morgan fingerprint density at radius 1 is 1.27 bits per heavy atom. The molecule has 1 amide bonds. The number of nitrogens with one attached hydrogen (secondary N) is 1. The van der Waals surface area contributed by atoms with Crippen molar-refractivity contribution >= 4 is 6.09 Å². The van der Waals surface area contributed by atoms with E-state index in [1.54, 1.807) is 6.92 Å². The van der Waals surface area contributed by atoms with Crippen molar-refractivity contribution in [3.05, 3.63) is 0 Å². The highest BCUT2D eigenvalue weighted by Gasteiger charge is 1.92. The first-order valence-corrected chi connectivity index (χ1v) is 4.13. The predicted molar refractivity (Wildman–Crippen MR) is 46.7 cm³/mol. The second kappa shape index (κ2) is 12.0. The summed E-state index contributed by atoms with van der Waals surface area (Å²) in [6.45, 7) is 8.93. The number of carbonyl (C=O) groups is 1. The normalized spacial score (nSPS) is 7.64. The summed E-state index contributed by atoms with van der Waals surface area (Å²) in [6.07, 6.45) is 0.912. The fourth-order valence-corrected chi connectivity index (χ4v) is 0.326. The van der Waals surface area contributed by atoms with Gasteiger partial charge < -0.3 is 10.1 Å². The molecule has 0 radical (unpaired) electrons. The molecule has 0 rings (SSSR count). The van der Waals surface area contributed by atoms with Crippen LogP contribution >= 0.6 is 0 Å². The zero-order chi connectivity index (χ0) is 9.11. The van der Waals surface area contributed by atoms with Gasteiger partial charge >= 0.3 is 6.09 Å². The van der Waals surface area contributed by atoms with E-state index in [1.165, 1.54) is 6.42 Å². The largest absolute Gasteiger partial charge is 0.450 e. The smallest absolute Gasteiger partial charge is 0.407 e. The summed E-state index contributed by atoms with van der Waals surface area (Å²) in [6, 6.07) is 0. The van der Waals surface area contributed by atoms with Crippen LogP contribution in [-0.4, -0.2) is 19.2 Å². The molecule has 0 atom stereocenters. The quantitative estimate of drug-likeness (QED) is 0.674. The number of hydrogen-bond acceptors (Lipinski definition) is 2. The first kappa shape index (κ1) is 12.9. The summed E-state index contributed by atoms with van der Waals surface area (Å²) < 4.78 is 4.53. The van der Waals surface area contributed by atoms with E-state index in [1.807, 2.05) is 6.92 Å². The van der Waals surface area contributed by atoms with E-state index in [9.17, 15) is 4.79 Å². The fourth-order valence-electron chi connectivity index (χ4n) is 0.326. The van der Waals surface area contributed by atoms with Crippen molar-refractivity contribution in [2.24, 2.45) is 0 Å². The van der Waals surface area contributed by atoms with Gasteiger partial charge in [0.15, 0.2) is 0 Å². The van der Waals surface area contributed by atoms with Crippen molar-refractivity contribution in [3.8, 4) is 0 Å². The molecule has 11 heavy (non-hydrogen) atoms. The molecule has 1 N–H and O–H groups in total. The Labute approximate surface area is 69.1 Å². The standard InChI is InChI=1S/C5H11NO2.C3H8/c1-3-6-5(7)8-4-2;1-3-2/h3-4H2,1-2H3,(H,6,7);3H2,1-2H3. The molecule has 3 nitrogen and oxygen atoms in total. The van der Waals surface area contributed by atoms with Gasteiger partial charge in [-0.1, -0.05) is 20.3 Å². The van der Waals surface area contributed by atoms with Crippen LogP contribution in [0.2, 0.25) is 0 Å². The molecular formula is C8H19NO2. The van der Waals surface area contributed by atoms with E-state index in [4.69, 9.17) is 0 Å².